The van der Waals surface area contributed by atoms with Crippen LogP contribution in [-0.2, 0) is 14.3 Å². The fraction of sp³-hybridized carbons (Fsp3) is 0.900. The third-order valence-electron chi connectivity index (χ3n) is 3.73. The van der Waals surface area contributed by atoms with Crippen LogP contribution in [0.1, 0.15) is 19.8 Å². The van der Waals surface area contributed by atoms with Gasteiger partial charge in [-0.3, -0.25) is 4.79 Å². The molecule has 1 aliphatic heterocycles. The lowest BCUT2D eigenvalue weighted by atomic mass is 9.89. The van der Waals surface area contributed by atoms with E-state index in [1.165, 1.54) is 19.8 Å². The minimum atomic E-state index is -0.156. The van der Waals surface area contributed by atoms with E-state index in [1.807, 2.05) is 0 Å². The van der Waals surface area contributed by atoms with E-state index in [1.54, 1.807) is 0 Å². The third-order valence-corrected chi connectivity index (χ3v) is 3.73. The van der Waals surface area contributed by atoms with Gasteiger partial charge in [0.25, 0.3) is 0 Å². The maximum absolute atomic E-state index is 10.6. The minimum Gasteiger partial charge on any atom is -0.466 e. The minimum absolute atomic E-state index is 0.156. The Morgan fingerprint density at radius 3 is 2.92 bits per heavy atom. The van der Waals surface area contributed by atoms with E-state index in [9.17, 15) is 4.79 Å². The number of carbonyl (C=O) groups is 1. The quantitative estimate of drug-likeness (QED) is 0.472. The van der Waals surface area contributed by atoms with Crippen molar-refractivity contribution in [3.8, 4) is 0 Å². The molecule has 72 valence electrons. The number of rotatable bonds is 2. The van der Waals surface area contributed by atoms with Crippen LogP contribution in [0.25, 0.3) is 0 Å². The monoisotopic (exact) mass is 182 g/mol. The van der Waals surface area contributed by atoms with Gasteiger partial charge >= 0.3 is 5.97 Å². The summed E-state index contributed by atoms with van der Waals surface area (Å²) in [6.45, 7) is 2.09. The van der Waals surface area contributed by atoms with Crippen molar-refractivity contribution in [3.63, 3.8) is 0 Å². The van der Waals surface area contributed by atoms with Gasteiger partial charge in [0.1, 0.15) is 0 Å². The van der Waals surface area contributed by atoms with Gasteiger partial charge in [0.15, 0.2) is 0 Å². The van der Waals surface area contributed by atoms with Gasteiger partial charge in [-0.05, 0) is 30.6 Å². The molecule has 3 rings (SSSR count). The molecule has 2 aliphatic carbocycles. The van der Waals surface area contributed by atoms with E-state index < -0.39 is 0 Å². The summed E-state index contributed by atoms with van der Waals surface area (Å²) in [5, 5.41) is 0. The van der Waals surface area contributed by atoms with Crippen molar-refractivity contribution in [2.75, 3.05) is 6.61 Å². The first-order valence-electron chi connectivity index (χ1n) is 5.04. The smallest absolute Gasteiger partial charge is 0.302 e. The first-order chi connectivity index (χ1) is 6.25. The van der Waals surface area contributed by atoms with Gasteiger partial charge in [0, 0.05) is 6.92 Å². The number of esters is 1. The maximum Gasteiger partial charge on any atom is 0.302 e. The molecule has 1 heterocycles. The molecule has 0 spiro atoms. The van der Waals surface area contributed by atoms with Gasteiger partial charge in [0.05, 0.1) is 18.8 Å². The Balaban J connectivity index is 1.59. The fourth-order valence-electron chi connectivity index (χ4n) is 3.15. The van der Waals surface area contributed by atoms with Crippen LogP contribution in [0.15, 0.2) is 0 Å². The largest absolute Gasteiger partial charge is 0.466 e. The highest BCUT2D eigenvalue weighted by molar-refractivity contribution is 5.65. The molecule has 0 aromatic rings. The molecule has 5 atom stereocenters. The van der Waals surface area contributed by atoms with Gasteiger partial charge in [-0.1, -0.05) is 0 Å². The average Bonchev–Trinajstić information content (AvgIpc) is 2.70. The van der Waals surface area contributed by atoms with E-state index in [0.29, 0.717) is 30.7 Å². The predicted octanol–water partition coefficient (Wildman–Crippen LogP) is 0.973. The molecular formula is C10H14O3. The average molecular weight is 182 g/mol. The summed E-state index contributed by atoms with van der Waals surface area (Å²) in [6, 6.07) is 0. The van der Waals surface area contributed by atoms with Crippen molar-refractivity contribution < 1.29 is 14.3 Å². The Hall–Kier alpha value is -0.570. The molecule has 3 fully saturated rings. The molecule has 2 bridgehead atoms. The Morgan fingerprint density at radius 1 is 1.46 bits per heavy atom. The van der Waals surface area contributed by atoms with Crippen molar-refractivity contribution in [2.45, 2.75) is 32.0 Å². The predicted molar refractivity (Wildman–Crippen MR) is 45.0 cm³/mol. The number of hydrogen-bond donors (Lipinski definition) is 0. The molecule has 2 saturated carbocycles. The fourth-order valence-corrected chi connectivity index (χ4v) is 3.15. The van der Waals surface area contributed by atoms with Crippen molar-refractivity contribution in [1.82, 2.24) is 0 Å². The van der Waals surface area contributed by atoms with E-state index in [2.05, 4.69) is 0 Å². The first kappa shape index (κ1) is 7.80. The zero-order chi connectivity index (χ0) is 9.00. The Bertz CT molecular complexity index is 251. The van der Waals surface area contributed by atoms with E-state index >= 15 is 0 Å². The Morgan fingerprint density at radius 2 is 2.31 bits per heavy atom. The highest BCUT2D eigenvalue weighted by Crippen LogP contribution is 2.58. The van der Waals surface area contributed by atoms with E-state index in [0.717, 1.165) is 5.92 Å². The lowest BCUT2D eigenvalue weighted by molar-refractivity contribution is -0.142. The number of ether oxygens (including phenoxy) is 2. The van der Waals surface area contributed by atoms with Crippen molar-refractivity contribution >= 4 is 5.97 Å². The van der Waals surface area contributed by atoms with Gasteiger partial charge in [-0.2, -0.15) is 0 Å². The number of hydrogen-bond acceptors (Lipinski definition) is 3. The summed E-state index contributed by atoms with van der Waals surface area (Å²) in [6.07, 6.45) is 3.62. The summed E-state index contributed by atoms with van der Waals surface area (Å²) < 4.78 is 10.6. The second-order valence-electron chi connectivity index (χ2n) is 4.52. The zero-order valence-corrected chi connectivity index (χ0v) is 7.73. The van der Waals surface area contributed by atoms with Crippen molar-refractivity contribution in [2.24, 2.45) is 17.8 Å². The van der Waals surface area contributed by atoms with Crippen LogP contribution in [0.2, 0.25) is 0 Å². The maximum atomic E-state index is 10.6. The third kappa shape index (κ3) is 1.10. The molecular weight excluding hydrogens is 168 g/mol. The van der Waals surface area contributed by atoms with Crippen LogP contribution in [-0.4, -0.2) is 24.8 Å². The van der Waals surface area contributed by atoms with Gasteiger partial charge in [-0.15, -0.1) is 0 Å². The second-order valence-corrected chi connectivity index (χ2v) is 4.52. The number of carbonyl (C=O) groups excluding carboxylic acids is 1. The molecule has 3 heteroatoms. The molecule has 0 radical (unpaired) electrons. The van der Waals surface area contributed by atoms with Crippen LogP contribution in [0.3, 0.4) is 0 Å². The van der Waals surface area contributed by atoms with Gasteiger partial charge < -0.3 is 9.47 Å². The molecule has 0 aromatic carbocycles. The lowest BCUT2D eigenvalue weighted by Crippen LogP contribution is -2.23. The molecule has 0 N–H and O–H groups in total. The lowest BCUT2D eigenvalue weighted by Gasteiger charge is -2.18. The standard InChI is InChI=1S/C10H14O3/c1-5(11)12-4-7-2-6-3-8(7)10-9(6)13-10/h6-10H,2-4H2,1H3/t6-,7-,8-,9+,10-/m0/s1. The van der Waals surface area contributed by atoms with Crippen molar-refractivity contribution in [1.29, 1.82) is 0 Å². The number of epoxide rings is 1. The number of fused-ring (bicyclic) bond motifs is 5. The first-order valence-corrected chi connectivity index (χ1v) is 5.04. The molecule has 1 saturated heterocycles. The van der Waals surface area contributed by atoms with E-state index in [-0.39, 0.29) is 5.97 Å². The molecule has 0 amide bonds. The molecule has 13 heavy (non-hydrogen) atoms. The topological polar surface area (TPSA) is 38.8 Å². The van der Waals surface area contributed by atoms with Crippen LogP contribution in [0, 0.1) is 17.8 Å². The SMILES string of the molecule is CC(=O)OC[C@@H]1C[C@H]2C[C@@H]1[C@@H]1O[C@H]21. The summed E-state index contributed by atoms with van der Waals surface area (Å²) in [5.74, 6) is 1.89. The van der Waals surface area contributed by atoms with Crippen LogP contribution in [0.5, 0.6) is 0 Å². The summed E-state index contributed by atoms with van der Waals surface area (Å²) >= 11 is 0. The Labute approximate surface area is 77.4 Å². The Kier molecular flexibility index (Phi) is 1.48. The molecule has 3 aliphatic rings. The summed E-state index contributed by atoms with van der Waals surface area (Å²) in [4.78, 5) is 10.6. The summed E-state index contributed by atoms with van der Waals surface area (Å²) in [5.41, 5.74) is 0. The molecule has 0 aromatic heterocycles. The summed E-state index contributed by atoms with van der Waals surface area (Å²) in [7, 11) is 0. The van der Waals surface area contributed by atoms with Crippen molar-refractivity contribution in [3.05, 3.63) is 0 Å². The van der Waals surface area contributed by atoms with Gasteiger partial charge in [0.2, 0.25) is 0 Å². The van der Waals surface area contributed by atoms with E-state index in [4.69, 9.17) is 9.47 Å². The highest BCUT2D eigenvalue weighted by Gasteiger charge is 2.63. The highest BCUT2D eigenvalue weighted by atomic mass is 16.6. The van der Waals surface area contributed by atoms with Crippen LogP contribution < -0.4 is 0 Å². The van der Waals surface area contributed by atoms with Crippen LogP contribution in [0.4, 0.5) is 0 Å². The normalized spacial score (nSPS) is 50.4. The van der Waals surface area contributed by atoms with Crippen LogP contribution >= 0.6 is 0 Å². The zero-order valence-electron chi connectivity index (χ0n) is 7.73. The molecule has 0 unspecified atom stereocenters. The second kappa shape index (κ2) is 2.47. The molecule has 3 nitrogen and oxygen atoms in total. The van der Waals surface area contributed by atoms with Gasteiger partial charge in [-0.25, -0.2) is 0 Å².